The van der Waals surface area contributed by atoms with Crippen molar-refractivity contribution in [3.63, 3.8) is 0 Å². The van der Waals surface area contributed by atoms with E-state index in [-0.39, 0.29) is 12.5 Å². The van der Waals surface area contributed by atoms with Gasteiger partial charge in [0.05, 0.1) is 12.2 Å². The molecule has 0 fully saturated rings. The number of carbonyl (C=O) groups excluding carboxylic acids is 1. The number of anilines is 1. The van der Waals surface area contributed by atoms with E-state index >= 15 is 0 Å². The van der Waals surface area contributed by atoms with E-state index in [0.717, 1.165) is 25.2 Å². The molecule has 1 aromatic rings. The Labute approximate surface area is 92.3 Å². The Balaban J connectivity index is 2.12. The van der Waals surface area contributed by atoms with Crippen LogP contribution in [0.25, 0.3) is 0 Å². The molecule has 2 rings (SSSR count). The highest BCUT2D eigenvalue weighted by molar-refractivity contribution is 7.15. The van der Waals surface area contributed by atoms with Crippen molar-refractivity contribution in [1.29, 1.82) is 0 Å². The monoisotopic (exact) mass is 226 g/mol. The molecule has 6 heteroatoms. The minimum atomic E-state index is -0.186. The SMILES string of the molecule is CN1CCc2nc(NC(=O)CN)sc2C1. The Morgan fingerprint density at radius 1 is 1.73 bits per heavy atom. The van der Waals surface area contributed by atoms with Crippen molar-refractivity contribution in [2.45, 2.75) is 13.0 Å². The lowest BCUT2D eigenvalue weighted by Gasteiger charge is -2.20. The fourth-order valence-corrected chi connectivity index (χ4v) is 2.65. The van der Waals surface area contributed by atoms with Crippen molar-refractivity contribution in [2.75, 3.05) is 25.5 Å². The largest absolute Gasteiger partial charge is 0.322 e. The molecule has 1 aromatic heterocycles. The molecule has 0 spiro atoms. The van der Waals surface area contributed by atoms with Crippen LogP contribution in [0, 0.1) is 0 Å². The second kappa shape index (κ2) is 4.26. The molecule has 0 aliphatic carbocycles. The number of rotatable bonds is 2. The lowest BCUT2D eigenvalue weighted by Crippen LogP contribution is -2.25. The van der Waals surface area contributed by atoms with Crippen LogP contribution in [-0.4, -0.2) is 35.9 Å². The molecule has 0 saturated carbocycles. The summed E-state index contributed by atoms with van der Waals surface area (Å²) in [7, 11) is 2.08. The van der Waals surface area contributed by atoms with E-state index in [1.807, 2.05) is 0 Å². The van der Waals surface area contributed by atoms with Crippen molar-refractivity contribution < 1.29 is 4.79 Å². The smallest absolute Gasteiger partial charge is 0.239 e. The van der Waals surface area contributed by atoms with Crippen LogP contribution in [0.4, 0.5) is 5.13 Å². The van der Waals surface area contributed by atoms with E-state index in [2.05, 4.69) is 22.2 Å². The fraction of sp³-hybridized carbons (Fsp3) is 0.556. The van der Waals surface area contributed by atoms with Gasteiger partial charge in [-0.3, -0.25) is 4.79 Å². The van der Waals surface area contributed by atoms with Gasteiger partial charge >= 0.3 is 0 Å². The highest BCUT2D eigenvalue weighted by Gasteiger charge is 2.18. The van der Waals surface area contributed by atoms with Crippen LogP contribution in [0.3, 0.4) is 0 Å². The summed E-state index contributed by atoms with van der Waals surface area (Å²) in [6, 6.07) is 0. The van der Waals surface area contributed by atoms with Crippen LogP contribution in [0.1, 0.15) is 10.6 Å². The van der Waals surface area contributed by atoms with Gasteiger partial charge in [-0.2, -0.15) is 0 Å². The van der Waals surface area contributed by atoms with Gasteiger partial charge in [-0.15, -0.1) is 11.3 Å². The number of aromatic nitrogens is 1. The van der Waals surface area contributed by atoms with Crippen molar-refractivity contribution in [3.05, 3.63) is 10.6 Å². The number of nitrogens with two attached hydrogens (primary N) is 1. The summed E-state index contributed by atoms with van der Waals surface area (Å²) in [4.78, 5) is 18.9. The zero-order valence-electron chi connectivity index (χ0n) is 8.62. The molecule has 82 valence electrons. The highest BCUT2D eigenvalue weighted by Crippen LogP contribution is 2.27. The molecule has 15 heavy (non-hydrogen) atoms. The molecular formula is C9H14N4OS. The Hall–Kier alpha value is -0.980. The molecule has 0 atom stereocenters. The van der Waals surface area contributed by atoms with E-state index in [9.17, 15) is 4.79 Å². The number of fused-ring (bicyclic) bond motifs is 1. The van der Waals surface area contributed by atoms with Crippen molar-refractivity contribution >= 4 is 22.4 Å². The second-order valence-electron chi connectivity index (χ2n) is 3.63. The second-order valence-corrected chi connectivity index (χ2v) is 4.71. The molecule has 0 radical (unpaired) electrons. The molecule has 1 aliphatic rings. The fourth-order valence-electron chi connectivity index (χ4n) is 1.55. The summed E-state index contributed by atoms with van der Waals surface area (Å²) in [5.41, 5.74) is 6.34. The highest BCUT2D eigenvalue weighted by atomic mass is 32.1. The van der Waals surface area contributed by atoms with Gasteiger partial charge in [0.2, 0.25) is 5.91 Å². The van der Waals surface area contributed by atoms with E-state index in [1.165, 1.54) is 4.88 Å². The summed E-state index contributed by atoms with van der Waals surface area (Å²) in [5.74, 6) is -0.186. The number of nitrogens with one attached hydrogen (secondary N) is 1. The zero-order chi connectivity index (χ0) is 10.8. The number of thiazole rings is 1. The molecule has 0 aromatic carbocycles. The van der Waals surface area contributed by atoms with E-state index in [0.29, 0.717) is 5.13 Å². The molecule has 2 heterocycles. The topological polar surface area (TPSA) is 71.2 Å². The van der Waals surface area contributed by atoms with Crippen LogP contribution < -0.4 is 11.1 Å². The van der Waals surface area contributed by atoms with E-state index < -0.39 is 0 Å². The molecule has 1 amide bonds. The number of hydrogen-bond donors (Lipinski definition) is 2. The first-order valence-corrected chi connectivity index (χ1v) is 5.67. The van der Waals surface area contributed by atoms with Crippen molar-refractivity contribution in [1.82, 2.24) is 9.88 Å². The molecule has 3 N–H and O–H groups in total. The third kappa shape index (κ3) is 2.34. The first kappa shape index (κ1) is 10.5. The summed E-state index contributed by atoms with van der Waals surface area (Å²) in [6.07, 6.45) is 0.959. The maximum Gasteiger partial charge on any atom is 0.239 e. The third-order valence-electron chi connectivity index (χ3n) is 2.35. The number of carbonyl (C=O) groups is 1. The summed E-state index contributed by atoms with van der Waals surface area (Å²) in [6.45, 7) is 1.96. The minimum Gasteiger partial charge on any atom is -0.322 e. The van der Waals surface area contributed by atoms with Gasteiger partial charge < -0.3 is 16.0 Å². The third-order valence-corrected chi connectivity index (χ3v) is 3.35. The van der Waals surface area contributed by atoms with Crippen molar-refractivity contribution in [2.24, 2.45) is 5.73 Å². The minimum absolute atomic E-state index is 0.00412. The van der Waals surface area contributed by atoms with Gasteiger partial charge in [-0.1, -0.05) is 0 Å². The summed E-state index contributed by atoms with van der Waals surface area (Å²) >= 11 is 1.54. The normalized spacial score (nSPS) is 16.1. The molecule has 0 unspecified atom stereocenters. The van der Waals surface area contributed by atoms with E-state index in [4.69, 9.17) is 5.73 Å². The van der Waals surface area contributed by atoms with Gasteiger partial charge in [0.15, 0.2) is 5.13 Å². The number of hydrogen-bond acceptors (Lipinski definition) is 5. The zero-order valence-corrected chi connectivity index (χ0v) is 9.43. The Bertz CT molecular complexity index is 376. The van der Waals surface area contributed by atoms with E-state index in [1.54, 1.807) is 11.3 Å². The van der Waals surface area contributed by atoms with Crippen LogP contribution >= 0.6 is 11.3 Å². The maximum absolute atomic E-state index is 11.1. The standard InChI is InChI=1S/C9H14N4OS/c1-13-3-2-6-7(5-13)15-9(11-6)12-8(14)4-10/h2-5,10H2,1H3,(H,11,12,14). The quantitative estimate of drug-likeness (QED) is 0.746. The van der Waals surface area contributed by atoms with Gasteiger partial charge in [0.25, 0.3) is 0 Å². The Morgan fingerprint density at radius 3 is 3.27 bits per heavy atom. The molecular weight excluding hydrogens is 212 g/mol. The lowest BCUT2D eigenvalue weighted by atomic mass is 10.2. The van der Waals surface area contributed by atoms with Crippen LogP contribution in [0.2, 0.25) is 0 Å². The van der Waals surface area contributed by atoms with Gasteiger partial charge in [0, 0.05) is 24.4 Å². The number of nitrogens with zero attached hydrogens (tertiary/aromatic N) is 2. The van der Waals surface area contributed by atoms with Gasteiger partial charge in [0.1, 0.15) is 0 Å². The molecule has 1 aliphatic heterocycles. The molecule has 0 bridgehead atoms. The predicted octanol–water partition coefficient (Wildman–Crippen LogP) is 0.0282. The molecule has 0 saturated heterocycles. The average molecular weight is 226 g/mol. The predicted molar refractivity (Wildman–Crippen MR) is 59.8 cm³/mol. The molecule has 5 nitrogen and oxygen atoms in total. The Morgan fingerprint density at radius 2 is 2.53 bits per heavy atom. The van der Waals surface area contributed by atoms with Gasteiger partial charge in [-0.25, -0.2) is 4.98 Å². The van der Waals surface area contributed by atoms with Crippen LogP contribution in [0.5, 0.6) is 0 Å². The first-order chi connectivity index (χ1) is 7.19. The maximum atomic E-state index is 11.1. The first-order valence-electron chi connectivity index (χ1n) is 4.86. The lowest BCUT2D eigenvalue weighted by molar-refractivity contribution is -0.114. The van der Waals surface area contributed by atoms with Crippen molar-refractivity contribution in [3.8, 4) is 0 Å². The summed E-state index contributed by atoms with van der Waals surface area (Å²) < 4.78 is 0. The average Bonchev–Trinajstić information content (AvgIpc) is 2.59. The Kier molecular flexibility index (Phi) is 2.99. The van der Waals surface area contributed by atoms with Crippen LogP contribution in [0.15, 0.2) is 0 Å². The summed E-state index contributed by atoms with van der Waals surface area (Å²) in [5, 5.41) is 3.36. The number of likely N-dealkylation sites (N-methyl/N-ethyl adjacent to an activating group) is 1. The van der Waals surface area contributed by atoms with Gasteiger partial charge in [-0.05, 0) is 7.05 Å². The van der Waals surface area contributed by atoms with Crippen LogP contribution in [-0.2, 0) is 17.8 Å². The number of amides is 1.